The van der Waals surface area contributed by atoms with E-state index in [1.807, 2.05) is 0 Å². The lowest BCUT2D eigenvalue weighted by Crippen LogP contribution is -2.39. The topological polar surface area (TPSA) is 172 Å². The summed E-state index contributed by atoms with van der Waals surface area (Å²) in [6.07, 6.45) is -0.418. The Hall–Kier alpha value is -2.34. The molecule has 0 aromatic carbocycles. The highest BCUT2D eigenvalue weighted by molar-refractivity contribution is 5.86. The van der Waals surface area contributed by atoms with E-state index in [1.54, 1.807) is 0 Å². The summed E-state index contributed by atoms with van der Waals surface area (Å²) in [5, 5.41) is 20.6. The molecule has 11 heteroatoms. The minimum Gasteiger partial charge on any atom is -0.387 e. The number of nitrogens with two attached hydrogens (primary N) is 2. The Kier molecular flexibility index (Phi) is 3.61. The van der Waals surface area contributed by atoms with Crippen molar-refractivity contribution in [1.29, 1.82) is 0 Å². The molecule has 1 amide bonds. The lowest BCUT2D eigenvalue weighted by molar-refractivity contribution is -0.138. The van der Waals surface area contributed by atoms with Crippen LogP contribution in [0, 0.1) is 0 Å². The maximum Gasteiger partial charge on any atom is 0.249 e. The summed E-state index contributed by atoms with van der Waals surface area (Å²) in [4.78, 5) is 23.4. The third-order valence-corrected chi connectivity index (χ3v) is 4.68. The Balaban J connectivity index is 1.53. The van der Waals surface area contributed by atoms with Gasteiger partial charge in [0.15, 0.2) is 17.7 Å². The highest BCUT2D eigenvalue weighted by Crippen LogP contribution is 2.40. The zero-order valence-corrected chi connectivity index (χ0v) is 13.1. The van der Waals surface area contributed by atoms with Crippen molar-refractivity contribution in [3.05, 3.63) is 12.7 Å². The number of anilines is 1. The molecule has 2 aromatic heterocycles. The summed E-state index contributed by atoms with van der Waals surface area (Å²) in [5.41, 5.74) is 10.8. The first-order chi connectivity index (χ1) is 11.9. The van der Waals surface area contributed by atoms with Crippen molar-refractivity contribution in [1.82, 2.24) is 19.5 Å². The van der Waals surface area contributed by atoms with Crippen LogP contribution in [-0.4, -0.2) is 66.2 Å². The maximum absolute atomic E-state index is 11.4. The molecule has 134 valence electrons. The number of aliphatic hydroxyl groups excluding tert-OH is 2. The van der Waals surface area contributed by atoms with Gasteiger partial charge in [-0.25, -0.2) is 15.0 Å². The van der Waals surface area contributed by atoms with Crippen LogP contribution < -0.4 is 11.5 Å². The molecular weight excluding hydrogens is 332 g/mol. The average molecular weight is 350 g/mol. The van der Waals surface area contributed by atoms with Crippen LogP contribution in [0.5, 0.6) is 0 Å². The van der Waals surface area contributed by atoms with Gasteiger partial charge in [-0.1, -0.05) is 0 Å². The van der Waals surface area contributed by atoms with Crippen LogP contribution >= 0.6 is 0 Å². The summed E-state index contributed by atoms with van der Waals surface area (Å²) in [6.45, 7) is -0.0680. The molecule has 0 spiro atoms. The highest BCUT2D eigenvalue weighted by atomic mass is 16.6. The van der Waals surface area contributed by atoms with Gasteiger partial charge in [-0.3, -0.25) is 9.36 Å². The zero-order valence-electron chi connectivity index (χ0n) is 13.1. The van der Waals surface area contributed by atoms with E-state index in [0.717, 1.165) is 0 Å². The fourth-order valence-electron chi connectivity index (χ4n) is 2.97. The second kappa shape index (κ2) is 5.59. The van der Waals surface area contributed by atoms with Gasteiger partial charge < -0.3 is 31.2 Å². The number of primary amides is 1. The fraction of sp³-hybridized carbons (Fsp3) is 0.571. The predicted octanol–water partition coefficient (Wildman–Crippen LogP) is -1.94. The Morgan fingerprint density at radius 2 is 2.12 bits per heavy atom. The monoisotopic (exact) mass is 350 g/mol. The molecule has 0 bridgehead atoms. The number of carbonyl (C=O) groups excluding carboxylic acids is 1. The summed E-state index contributed by atoms with van der Waals surface area (Å²) in [7, 11) is 0. The number of rotatable bonds is 5. The number of hydrogen-bond donors (Lipinski definition) is 4. The SMILES string of the molecule is NC(=O)C1(OC[C@H]2O[C@@H](n3cnc4c(N)ncnc43)C(O)C2O)CC1. The largest absolute Gasteiger partial charge is 0.387 e. The third-order valence-electron chi connectivity index (χ3n) is 4.68. The normalized spacial score (nSPS) is 30.6. The Bertz CT molecular complexity index is 821. The smallest absolute Gasteiger partial charge is 0.249 e. The number of ether oxygens (including phenoxy) is 2. The molecule has 2 unspecified atom stereocenters. The molecule has 25 heavy (non-hydrogen) atoms. The Morgan fingerprint density at radius 3 is 2.80 bits per heavy atom. The molecule has 1 saturated carbocycles. The van der Waals surface area contributed by atoms with Gasteiger partial charge in [0, 0.05) is 0 Å². The number of hydrogen-bond acceptors (Lipinski definition) is 9. The van der Waals surface area contributed by atoms with Crippen molar-refractivity contribution in [2.75, 3.05) is 12.3 Å². The van der Waals surface area contributed by atoms with Crippen molar-refractivity contribution in [3.63, 3.8) is 0 Å². The van der Waals surface area contributed by atoms with Gasteiger partial charge in [0.05, 0.1) is 12.9 Å². The molecule has 6 N–H and O–H groups in total. The lowest BCUT2D eigenvalue weighted by atomic mass is 10.1. The van der Waals surface area contributed by atoms with E-state index in [9.17, 15) is 15.0 Å². The maximum atomic E-state index is 11.4. The molecule has 2 aromatic rings. The first-order valence-corrected chi connectivity index (χ1v) is 7.81. The van der Waals surface area contributed by atoms with E-state index in [2.05, 4.69) is 15.0 Å². The number of aromatic nitrogens is 4. The molecule has 4 rings (SSSR count). The third kappa shape index (κ3) is 2.52. The molecule has 1 saturated heterocycles. The van der Waals surface area contributed by atoms with E-state index in [-0.39, 0.29) is 12.4 Å². The number of fused-ring (bicyclic) bond motifs is 1. The lowest BCUT2D eigenvalue weighted by Gasteiger charge is -2.18. The molecule has 11 nitrogen and oxygen atoms in total. The minimum absolute atomic E-state index is 0.0680. The van der Waals surface area contributed by atoms with E-state index in [0.29, 0.717) is 24.0 Å². The van der Waals surface area contributed by atoms with Crippen LogP contribution in [0.25, 0.3) is 11.2 Å². The van der Waals surface area contributed by atoms with Gasteiger partial charge >= 0.3 is 0 Å². The molecule has 3 heterocycles. The number of nitrogens with zero attached hydrogens (tertiary/aromatic N) is 4. The van der Waals surface area contributed by atoms with Gasteiger partial charge in [-0.2, -0.15) is 0 Å². The van der Waals surface area contributed by atoms with Gasteiger partial charge in [0.2, 0.25) is 5.91 Å². The Morgan fingerprint density at radius 1 is 1.36 bits per heavy atom. The zero-order chi connectivity index (χ0) is 17.8. The summed E-state index contributed by atoms with van der Waals surface area (Å²) in [6, 6.07) is 0. The van der Waals surface area contributed by atoms with Gasteiger partial charge in [0.1, 0.15) is 35.8 Å². The second-order valence-corrected chi connectivity index (χ2v) is 6.30. The van der Waals surface area contributed by atoms with Crippen molar-refractivity contribution >= 4 is 22.9 Å². The summed E-state index contributed by atoms with van der Waals surface area (Å²) < 4.78 is 12.7. The van der Waals surface area contributed by atoms with Crippen LogP contribution in [-0.2, 0) is 14.3 Å². The summed E-state index contributed by atoms with van der Waals surface area (Å²) >= 11 is 0. The van der Waals surface area contributed by atoms with Crippen LogP contribution in [0.3, 0.4) is 0 Å². The number of amides is 1. The molecule has 0 radical (unpaired) electrons. The number of imidazole rings is 1. The average Bonchev–Trinajstić information content (AvgIpc) is 3.19. The molecule has 4 atom stereocenters. The number of carbonyl (C=O) groups is 1. The quantitative estimate of drug-likeness (QED) is 0.478. The van der Waals surface area contributed by atoms with Crippen molar-refractivity contribution in [2.45, 2.75) is 43.0 Å². The molecule has 1 aliphatic heterocycles. The number of aliphatic hydroxyl groups is 2. The first-order valence-electron chi connectivity index (χ1n) is 7.81. The molecular formula is C14H18N6O5. The predicted molar refractivity (Wildman–Crippen MR) is 82.8 cm³/mol. The Labute approximate surface area is 141 Å². The summed E-state index contributed by atoms with van der Waals surface area (Å²) in [5.74, 6) is -0.335. The molecule has 2 aliphatic rings. The van der Waals surface area contributed by atoms with Gasteiger partial charge in [-0.15, -0.1) is 0 Å². The van der Waals surface area contributed by atoms with E-state index >= 15 is 0 Å². The van der Waals surface area contributed by atoms with Crippen molar-refractivity contribution in [2.24, 2.45) is 5.73 Å². The van der Waals surface area contributed by atoms with E-state index < -0.39 is 36.0 Å². The van der Waals surface area contributed by atoms with Crippen molar-refractivity contribution < 1.29 is 24.5 Å². The standard InChI is InChI=1S/C14H18N6O5/c15-10-7-11(18-4-17-10)20(5-19-7)12-9(22)8(21)6(25-12)3-24-14(1-2-14)13(16)23/h4-6,8-9,12,21-22H,1-3H2,(H2,16,23)(H2,15,17,18)/t6-,8?,9?,12-/m1/s1. The van der Waals surface area contributed by atoms with Crippen LogP contribution in [0.2, 0.25) is 0 Å². The highest BCUT2D eigenvalue weighted by Gasteiger charge is 2.52. The van der Waals surface area contributed by atoms with Crippen LogP contribution in [0.1, 0.15) is 19.1 Å². The van der Waals surface area contributed by atoms with E-state index in [1.165, 1.54) is 17.2 Å². The van der Waals surface area contributed by atoms with E-state index in [4.69, 9.17) is 20.9 Å². The first kappa shape index (κ1) is 16.1. The van der Waals surface area contributed by atoms with Crippen LogP contribution in [0.15, 0.2) is 12.7 Å². The number of nitrogen functional groups attached to an aromatic ring is 1. The second-order valence-electron chi connectivity index (χ2n) is 6.30. The molecule has 1 aliphatic carbocycles. The van der Waals surface area contributed by atoms with Gasteiger partial charge in [-0.05, 0) is 12.8 Å². The minimum atomic E-state index is -1.23. The van der Waals surface area contributed by atoms with Gasteiger partial charge in [0.25, 0.3) is 0 Å². The van der Waals surface area contributed by atoms with Crippen molar-refractivity contribution in [3.8, 4) is 0 Å². The fourth-order valence-corrected chi connectivity index (χ4v) is 2.97. The molecule has 2 fully saturated rings. The van der Waals surface area contributed by atoms with Crippen LogP contribution in [0.4, 0.5) is 5.82 Å².